The molecule has 1 N–H and O–H groups in total. The van der Waals surface area contributed by atoms with E-state index < -0.39 is 9.84 Å². The summed E-state index contributed by atoms with van der Waals surface area (Å²) in [5.74, 6) is 1.07. The summed E-state index contributed by atoms with van der Waals surface area (Å²) in [6, 6.07) is 7.72. The molecule has 20 heavy (non-hydrogen) atoms. The summed E-state index contributed by atoms with van der Waals surface area (Å²) in [5.41, 5.74) is 0. The minimum atomic E-state index is -3.08. The van der Waals surface area contributed by atoms with Crippen molar-refractivity contribution in [3.63, 3.8) is 0 Å². The largest absolute Gasteiger partial charge is 0.314 e. The second kappa shape index (κ2) is 8.70. The number of sulfone groups is 1. The number of benzene rings is 1. The molecule has 1 aromatic rings. The Morgan fingerprint density at radius 2 is 1.90 bits per heavy atom. The molecule has 3 nitrogen and oxygen atoms in total. The van der Waals surface area contributed by atoms with Gasteiger partial charge < -0.3 is 5.32 Å². The van der Waals surface area contributed by atoms with Crippen LogP contribution in [0.4, 0.5) is 0 Å². The van der Waals surface area contributed by atoms with Crippen LogP contribution in [0.1, 0.15) is 33.1 Å². The Morgan fingerprint density at radius 1 is 1.25 bits per heavy atom. The molecule has 0 radical (unpaired) electrons. The van der Waals surface area contributed by atoms with Gasteiger partial charge in [0, 0.05) is 17.2 Å². The van der Waals surface area contributed by atoms with Crippen LogP contribution in [0.25, 0.3) is 0 Å². The molecule has 0 spiro atoms. The molecule has 0 amide bonds. The van der Waals surface area contributed by atoms with Gasteiger partial charge in [-0.25, -0.2) is 8.42 Å². The SMILES string of the molecule is CCCNC(C)CCCSc1ccc(S(C)(=O)=O)cc1. The van der Waals surface area contributed by atoms with E-state index in [1.54, 1.807) is 23.9 Å². The van der Waals surface area contributed by atoms with Crippen LogP contribution < -0.4 is 5.32 Å². The minimum absolute atomic E-state index is 0.388. The zero-order valence-corrected chi connectivity index (χ0v) is 14.2. The fourth-order valence-corrected chi connectivity index (χ4v) is 3.36. The molecule has 1 unspecified atom stereocenters. The van der Waals surface area contributed by atoms with E-state index >= 15 is 0 Å². The maximum atomic E-state index is 11.4. The molecule has 0 fully saturated rings. The molecule has 0 heterocycles. The Morgan fingerprint density at radius 3 is 2.45 bits per heavy atom. The highest BCUT2D eigenvalue weighted by atomic mass is 32.2. The van der Waals surface area contributed by atoms with Gasteiger partial charge in [-0.3, -0.25) is 0 Å². The smallest absolute Gasteiger partial charge is 0.175 e. The van der Waals surface area contributed by atoms with Gasteiger partial charge in [-0.1, -0.05) is 6.92 Å². The molecular weight excluding hydrogens is 290 g/mol. The molecule has 0 aliphatic heterocycles. The van der Waals surface area contributed by atoms with E-state index in [1.807, 2.05) is 12.1 Å². The minimum Gasteiger partial charge on any atom is -0.314 e. The lowest BCUT2D eigenvalue weighted by atomic mass is 10.2. The second-order valence-electron chi connectivity index (χ2n) is 5.09. The van der Waals surface area contributed by atoms with E-state index in [4.69, 9.17) is 0 Å². The summed E-state index contributed by atoms with van der Waals surface area (Å²) in [7, 11) is -3.08. The molecule has 0 bridgehead atoms. The standard InChI is InChI=1S/C15H25NO2S2/c1-4-11-16-13(2)6-5-12-19-14-7-9-15(10-8-14)20(3,17)18/h7-10,13,16H,4-6,11-12H2,1-3H3. The van der Waals surface area contributed by atoms with Gasteiger partial charge in [-0.15, -0.1) is 11.8 Å². The van der Waals surface area contributed by atoms with E-state index in [-0.39, 0.29) is 0 Å². The van der Waals surface area contributed by atoms with Crippen LogP contribution in [0.2, 0.25) is 0 Å². The third-order valence-corrected chi connectivity index (χ3v) is 5.27. The lowest BCUT2D eigenvalue weighted by Gasteiger charge is -2.12. The zero-order valence-electron chi connectivity index (χ0n) is 12.6. The first-order valence-electron chi connectivity index (χ1n) is 7.09. The molecule has 114 valence electrons. The predicted octanol–water partition coefficient (Wildman–Crippen LogP) is 3.35. The van der Waals surface area contributed by atoms with Crippen LogP contribution in [-0.2, 0) is 9.84 Å². The van der Waals surface area contributed by atoms with Crippen molar-refractivity contribution in [1.29, 1.82) is 0 Å². The normalized spacial score (nSPS) is 13.3. The highest BCUT2D eigenvalue weighted by Crippen LogP contribution is 2.21. The monoisotopic (exact) mass is 315 g/mol. The van der Waals surface area contributed by atoms with Crippen molar-refractivity contribution in [2.45, 2.75) is 48.9 Å². The molecule has 0 aliphatic carbocycles. The Hall–Kier alpha value is -0.520. The molecule has 0 aliphatic rings. The quantitative estimate of drug-likeness (QED) is 0.561. The molecule has 1 atom stereocenters. The average molecular weight is 316 g/mol. The Kier molecular flexibility index (Phi) is 7.62. The van der Waals surface area contributed by atoms with Gasteiger partial charge in [0.2, 0.25) is 0 Å². The van der Waals surface area contributed by atoms with Gasteiger partial charge in [0.05, 0.1) is 4.90 Å². The van der Waals surface area contributed by atoms with Crippen molar-refractivity contribution in [2.75, 3.05) is 18.6 Å². The molecular formula is C15H25NO2S2. The fourth-order valence-electron chi connectivity index (χ4n) is 1.86. The zero-order chi connectivity index (χ0) is 15.0. The second-order valence-corrected chi connectivity index (χ2v) is 8.27. The summed E-state index contributed by atoms with van der Waals surface area (Å²) >= 11 is 1.78. The summed E-state index contributed by atoms with van der Waals surface area (Å²) in [6.45, 7) is 5.48. The summed E-state index contributed by atoms with van der Waals surface area (Å²) in [5, 5.41) is 3.48. The number of hydrogen-bond donors (Lipinski definition) is 1. The number of hydrogen-bond acceptors (Lipinski definition) is 4. The predicted molar refractivity (Wildman–Crippen MR) is 87.3 cm³/mol. The number of nitrogens with one attached hydrogen (secondary N) is 1. The van der Waals surface area contributed by atoms with Crippen LogP contribution in [0.15, 0.2) is 34.1 Å². The summed E-state index contributed by atoms with van der Waals surface area (Å²) in [4.78, 5) is 1.52. The Labute approximate surface area is 127 Å². The van der Waals surface area contributed by atoms with Crippen LogP contribution >= 0.6 is 11.8 Å². The summed E-state index contributed by atoms with van der Waals surface area (Å²) < 4.78 is 22.7. The molecule has 0 aromatic heterocycles. The first-order chi connectivity index (χ1) is 9.43. The lowest BCUT2D eigenvalue weighted by molar-refractivity contribution is 0.510. The van der Waals surface area contributed by atoms with Gasteiger partial charge in [-0.2, -0.15) is 0 Å². The van der Waals surface area contributed by atoms with Crippen LogP contribution in [0.3, 0.4) is 0 Å². The van der Waals surface area contributed by atoms with E-state index in [1.165, 1.54) is 19.1 Å². The van der Waals surface area contributed by atoms with Crippen molar-refractivity contribution >= 4 is 21.6 Å². The van der Waals surface area contributed by atoms with Crippen molar-refractivity contribution in [2.24, 2.45) is 0 Å². The van der Waals surface area contributed by atoms with Gasteiger partial charge >= 0.3 is 0 Å². The molecule has 1 rings (SSSR count). The van der Waals surface area contributed by atoms with Crippen LogP contribution in [0.5, 0.6) is 0 Å². The number of thioether (sulfide) groups is 1. The maximum Gasteiger partial charge on any atom is 0.175 e. The van der Waals surface area contributed by atoms with Crippen molar-refractivity contribution in [3.8, 4) is 0 Å². The van der Waals surface area contributed by atoms with Gasteiger partial charge in [0.15, 0.2) is 9.84 Å². The Bertz CT molecular complexity index is 483. The van der Waals surface area contributed by atoms with E-state index in [9.17, 15) is 8.42 Å². The lowest BCUT2D eigenvalue weighted by Crippen LogP contribution is -2.26. The van der Waals surface area contributed by atoms with Crippen molar-refractivity contribution < 1.29 is 8.42 Å². The van der Waals surface area contributed by atoms with E-state index in [0.29, 0.717) is 10.9 Å². The molecule has 0 saturated heterocycles. The first-order valence-corrected chi connectivity index (χ1v) is 9.97. The van der Waals surface area contributed by atoms with E-state index in [2.05, 4.69) is 19.2 Å². The van der Waals surface area contributed by atoms with Crippen LogP contribution in [0, 0.1) is 0 Å². The van der Waals surface area contributed by atoms with Gasteiger partial charge in [0.1, 0.15) is 0 Å². The highest BCUT2D eigenvalue weighted by Gasteiger charge is 2.06. The van der Waals surface area contributed by atoms with Gasteiger partial charge in [0.25, 0.3) is 0 Å². The topological polar surface area (TPSA) is 46.2 Å². The first kappa shape index (κ1) is 17.5. The van der Waals surface area contributed by atoms with Crippen molar-refractivity contribution in [1.82, 2.24) is 5.32 Å². The summed E-state index contributed by atoms with van der Waals surface area (Å²) in [6.07, 6.45) is 4.75. The van der Waals surface area contributed by atoms with E-state index in [0.717, 1.165) is 23.6 Å². The molecule has 0 saturated carbocycles. The maximum absolute atomic E-state index is 11.4. The Balaban J connectivity index is 2.29. The number of rotatable bonds is 9. The average Bonchev–Trinajstić information content (AvgIpc) is 2.41. The van der Waals surface area contributed by atoms with Crippen LogP contribution in [-0.4, -0.2) is 33.0 Å². The van der Waals surface area contributed by atoms with Gasteiger partial charge in [-0.05, 0) is 62.7 Å². The van der Waals surface area contributed by atoms with Crippen molar-refractivity contribution in [3.05, 3.63) is 24.3 Å². The highest BCUT2D eigenvalue weighted by molar-refractivity contribution is 7.99. The molecule has 1 aromatic carbocycles. The fraction of sp³-hybridized carbons (Fsp3) is 0.600. The third kappa shape index (κ3) is 6.77. The third-order valence-electron chi connectivity index (χ3n) is 3.04. The molecule has 5 heteroatoms.